The molecule has 2 aromatic rings. The first-order valence-electron chi connectivity index (χ1n) is 12.9. The number of alkyl carbamates (subject to hydrolysis) is 1. The smallest absolute Gasteiger partial charge is 0.407 e. The molecule has 1 fully saturated rings. The van der Waals surface area contributed by atoms with Gasteiger partial charge in [-0.05, 0) is 13.3 Å². The molecule has 0 spiro atoms. The van der Waals surface area contributed by atoms with Gasteiger partial charge in [0.05, 0.1) is 19.0 Å². The van der Waals surface area contributed by atoms with E-state index in [0.717, 1.165) is 0 Å². The summed E-state index contributed by atoms with van der Waals surface area (Å²) in [7, 11) is -18.2. The molecule has 24 nitrogen and oxygen atoms in total. The fourth-order valence-corrected chi connectivity index (χ4v) is 7.14. The highest BCUT2D eigenvalue weighted by molar-refractivity contribution is 7.71. The van der Waals surface area contributed by atoms with Crippen LogP contribution in [0.5, 0.6) is 0 Å². The summed E-state index contributed by atoms with van der Waals surface area (Å²) in [5, 5.41) is 24.3. The number of carbonyl (C=O) groups excluding carboxylic acids is 2. The first-order chi connectivity index (χ1) is 21.7. The van der Waals surface area contributed by atoms with E-state index in [-0.39, 0.29) is 41.7 Å². The molecule has 3 heterocycles. The van der Waals surface area contributed by atoms with Gasteiger partial charge in [0.1, 0.15) is 29.2 Å². The number of aliphatic hydroxyl groups is 1. The Hall–Kier alpha value is -2.73. The van der Waals surface area contributed by atoms with Crippen molar-refractivity contribution >= 4 is 64.8 Å². The Kier molecular flexibility index (Phi) is 12.9. The zero-order chi connectivity index (χ0) is 35.3. The average molecular weight is 750 g/mol. The first-order valence-corrected chi connectivity index (χ1v) is 17.7. The minimum absolute atomic E-state index is 0.0626. The van der Waals surface area contributed by atoms with E-state index in [4.69, 9.17) is 37.4 Å². The van der Waals surface area contributed by atoms with Gasteiger partial charge in [0.2, 0.25) is 5.91 Å². The van der Waals surface area contributed by atoms with Gasteiger partial charge in [-0.15, -0.1) is 0 Å². The van der Waals surface area contributed by atoms with E-state index in [1.807, 2.05) is 0 Å². The summed E-state index contributed by atoms with van der Waals surface area (Å²) in [5.41, 5.74) is 5.93. The quantitative estimate of drug-likeness (QED) is 0.0507. The van der Waals surface area contributed by atoms with Crippen LogP contribution in [0.2, 0.25) is 0 Å². The Balaban J connectivity index is 1.72. The highest BCUT2D eigenvalue weighted by Gasteiger charge is 2.48. The predicted molar refractivity (Wildman–Crippen MR) is 147 cm³/mol. The third kappa shape index (κ3) is 11.4. The summed E-state index contributed by atoms with van der Waals surface area (Å²) in [5.74, 6) is -1.51. The van der Waals surface area contributed by atoms with E-state index >= 15 is 0 Å². The van der Waals surface area contributed by atoms with Crippen molar-refractivity contribution in [1.29, 1.82) is 0 Å². The molecule has 8 atom stereocenters. The predicted octanol–water partition coefficient (Wildman–Crippen LogP) is -3.09. The van der Waals surface area contributed by atoms with E-state index in [0.29, 0.717) is 5.82 Å². The number of aryl methyl sites for hydroxylation is 1. The molecule has 2 amide bonds. The second-order valence-corrected chi connectivity index (χ2v) is 14.2. The van der Waals surface area contributed by atoms with E-state index in [9.17, 15) is 47.9 Å². The van der Waals surface area contributed by atoms with Crippen LogP contribution in [0.4, 0.5) is 4.79 Å². The Bertz CT molecular complexity index is 1680. The molecule has 0 radical (unpaired) electrons. The van der Waals surface area contributed by atoms with Crippen molar-refractivity contribution < 1.29 is 80.5 Å². The first kappa shape index (κ1) is 38.7. The van der Waals surface area contributed by atoms with Gasteiger partial charge in [-0.3, -0.25) is 27.9 Å². The molecule has 2 aromatic heterocycles. The largest absolute Gasteiger partial charge is 0.756 e. The highest BCUT2D eigenvalue weighted by atomic mass is 32.1. The number of carboxylic acids is 1. The minimum Gasteiger partial charge on any atom is -0.756 e. The topological polar surface area (TPSA) is 375 Å². The van der Waals surface area contributed by atoms with Crippen molar-refractivity contribution in [3.05, 3.63) is 16.8 Å². The lowest BCUT2D eigenvalue weighted by Crippen LogP contribution is -2.45. The number of aliphatic hydroxyl groups excluding tert-OH is 1. The van der Waals surface area contributed by atoms with Crippen LogP contribution < -0.4 is 31.0 Å². The van der Waals surface area contributed by atoms with Crippen LogP contribution >= 0.6 is 35.7 Å². The number of imidazole rings is 1. The number of amides is 2. The highest BCUT2D eigenvalue weighted by Crippen LogP contribution is 2.61. The summed E-state index contributed by atoms with van der Waals surface area (Å²) < 4.78 is 57.6. The molecule has 1 aliphatic heterocycles. The van der Waals surface area contributed by atoms with Crippen LogP contribution in [0.1, 0.15) is 24.9 Å². The Morgan fingerprint density at radius 3 is 2.49 bits per heavy atom. The van der Waals surface area contributed by atoms with Crippen LogP contribution in [0.25, 0.3) is 11.2 Å². The number of H-pyrrole nitrogens is 1. The maximum absolute atomic E-state index is 12.6. The molecule has 0 bridgehead atoms. The van der Waals surface area contributed by atoms with E-state index in [1.54, 1.807) is 6.92 Å². The maximum atomic E-state index is 12.6. The summed E-state index contributed by atoms with van der Waals surface area (Å²) in [4.78, 5) is 88.9. The molecule has 0 aliphatic carbocycles. The lowest BCUT2D eigenvalue weighted by atomic mass is 10.1. The number of nitrogens with one attached hydrogen (secondary N) is 3. The summed E-state index contributed by atoms with van der Waals surface area (Å²) in [6, 6.07) is -1.12. The number of hydrogen-bond acceptors (Lipinski definition) is 19. The number of carboxylic acid groups (broad SMARTS) is 1. The van der Waals surface area contributed by atoms with Crippen LogP contribution in [0, 0.1) is 11.6 Å². The third-order valence-electron chi connectivity index (χ3n) is 5.89. The van der Waals surface area contributed by atoms with Gasteiger partial charge in [-0.2, -0.15) is 0 Å². The fraction of sp³-hybridized carbons (Fsp3) is 0.579. The molecule has 1 aliphatic rings. The van der Waals surface area contributed by atoms with E-state index in [1.165, 1.54) is 10.9 Å². The zero-order valence-corrected chi connectivity index (χ0v) is 27.2. The summed E-state index contributed by atoms with van der Waals surface area (Å²) in [6.07, 6.45) is -7.20. The Morgan fingerprint density at radius 2 is 1.85 bits per heavy atom. The van der Waals surface area contributed by atoms with Gasteiger partial charge in [0.25, 0.3) is 23.5 Å². The summed E-state index contributed by atoms with van der Waals surface area (Å²) >= 11 is 5.19. The standard InChI is InChI=1S/C19H30N7O17P3S/c1-8-24-15-12(17(47)25-8)23-7-26(15)18-14(41-19(31)22-5-4-21-16(30)9(20)2-3-11(27)28)13(29)10(40-18)6-39-45(35,36)43-46(37,38)42-44(32,33)34/h7,9-10,13-14,18,29H,2-6,20H2,1H3,(H,21,30)(H,22,31)(H,27,28)(H,35,36)(H,37,38)(H,24,25,47)(H2,32,33,34)/p-3/t9?,10-,13?,14+,18-/m1/s1. The molecule has 0 saturated carbocycles. The molecule has 28 heteroatoms. The van der Waals surface area contributed by atoms with Gasteiger partial charge in [-0.25, -0.2) is 23.4 Å². The number of aromatic amines is 1. The molecule has 1 saturated heterocycles. The lowest BCUT2D eigenvalue weighted by molar-refractivity contribution is -0.250. The molecular formula is C19H27N7O17P3S-3. The zero-order valence-electron chi connectivity index (χ0n) is 23.7. The molecular weight excluding hydrogens is 723 g/mol. The van der Waals surface area contributed by atoms with Crippen molar-refractivity contribution in [2.75, 3.05) is 19.7 Å². The van der Waals surface area contributed by atoms with Crippen LogP contribution in [0.3, 0.4) is 0 Å². The van der Waals surface area contributed by atoms with Crippen molar-refractivity contribution in [3.8, 4) is 0 Å². The number of carbonyl (C=O) groups is 3. The number of nitrogens with two attached hydrogens (primary N) is 1. The Morgan fingerprint density at radius 1 is 1.19 bits per heavy atom. The molecule has 3 rings (SSSR count). The van der Waals surface area contributed by atoms with Crippen LogP contribution in [-0.4, -0.2) is 96.6 Å². The second-order valence-electron chi connectivity index (χ2n) is 9.48. The lowest BCUT2D eigenvalue weighted by Gasteiger charge is -2.33. The number of phosphoric ester groups is 1. The van der Waals surface area contributed by atoms with Crippen molar-refractivity contribution in [2.45, 2.75) is 50.3 Å². The van der Waals surface area contributed by atoms with Crippen molar-refractivity contribution in [1.82, 2.24) is 30.2 Å². The number of fused-ring (bicyclic) bond motifs is 1. The number of ether oxygens (including phenoxy) is 2. The number of rotatable bonds is 16. The number of aliphatic carboxylic acids is 1. The van der Waals surface area contributed by atoms with Gasteiger partial charge in [-0.1, -0.05) is 12.2 Å². The van der Waals surface area contributed by atoms with Gasteiger partial charge in [0.15, 0.2) is 17.0 Å². The number of aromatic nitrogens is 4. The van der Waals surface area contributed by atoms with E-state index in [2.05, 4.69) is 38.7 Å². The SMILES string of the molecule is Cc1nc(=S)c2ncn([C@@H]3O[C@H](COP(=O)([O-])OP(=O)([O-])OP(=O)([O-])O)C(O)[C@@H]3OC(=O)NCCNC(=O)C(N)CCC(=O)O)c2[nH]1. The normalized spacial score (nSPS) is 24.1. The minimum atomic E-state index is -6.21. The maximum Gasteiger partial charge on any atom is 0.407 e. The van der Waals surface area contributed by atoms with Gasteiger partial charge < -0.3 is 65.1 Å². The molecule has 5 unspecified atom stereocenters. The summed E-state index contributed by atoms with van der Waals surface area (Å²) in [6.45, 7) is -0.0380. The Labute approximate surface area is 268 Å². The van der Waals surface area contributed by atoms with Crippen LogP contribution in [-0.2, 0) is 45.9 Å². The fourth-order valence-electron chi connectivity index (χ4n) is 3.95. The molecule has 264 valence electrons. The number of phosphoric acid groups is 3. The number of nitrogens with zero attached hydrogens (tertiary/aromatic N) is 3. The van der Waals surface area contributed by atoms with Crippen LogP contribution in [0.15, 0.2) is 6.33 Å². The third-order valence-corrected chi connectivity index (χ3v) is 9.87. The monoisotopic (exact) mass is 750 g/mol. The van der Waals surface area contributed by atoms with Crippen molar-refractivity contribution in [3.63, 3.8) is 0 Å². The average Bonchev–Trinajstić information content (AvgIpc) is 3.47. The van der Waals surface area contributed by atoms with Gasteiger partial charge in [0, 0.05) is 19.5 Å². The van der Waals surface area contributed by atoms with E-state index < -0.39 is 78.6 Å². The second kappa shape index (κ2) is 15.7. The number of hydrogen-bond donors (Lipinski definition) is 7. The van der Waals surface area contributed by atoms with Crippen molar-refractivity contribution in [2.24, 2.45) is 5.73 Å². The molecule has 47 heavy (non-hydrogen) atoms. The molecule has 8 N–H and O–H groups in total. The molecule has 0 aromatic carbocycles. The van der Waals surface area contributed by atoms with Gasteiger partial charge >= 0.3 is 12.1 Å².